The first-order valence-corrected chi connectivity index (χ1v) is 9.95. The summed E-state index contributed by atoms with van der Waals surface area (Å²) < 4.78 is 29.7. The van der Waals surface area contributed by atoms with Crippen molar-refractivity contribution in [3.8, 4) is 0 Å². The number of halogens is 2. The second-order valence-electron chi connectivity index (χ2n) is 5.81. The van der Waals surface area contributed by atoms with Crippen LogP contribution in [-0.4, -0.2) is 33.9 Å². The Balaban J connectivity index is 1.82. The van der Waals surface area contributed by atoms with E-state index < -0.39 is 16.1 Å². The Bertz CT molecular complexity index is 1030. The van der Waals surface area contributed by atoms with Gasteiger partial charge < -0.3 is 0 Å². The van der Waals surface area contributed by atoms with Gasteiger partial charge in [0.25, 0.3) is 0 Å². The lowest BCUT2D eigenvalue weighted by Gasteiger charge is -2.24. The topological polar surface area (TPSA) is 67.6 Å². The van der Waals surface area contributed by atoms with Gasteiger partial charge in [-0.05, 0) is 37.1 Å². The second-order valence-corrected chi connectivity index (χ2v) is 8.45. The molecule has 6 nitrogen and oxygen atoms in total. The van der Waals surface area contributed by atoms with Crippen LogP contribution >= 0.6 is 23.2 Å². The zero-order valence-corrected chi connectivity index (χ0v) is 15.3. The number of hydrogen-bond donors (Lipinski definition) is 0. The SMILES string of the molecule is O=S(=O)(c1c(Cl)cccc1Cl)N1CCCC1c1nnc2ccccn12. The maximum atomic E-state index is 13.2. The number of aromatic nitrogens is 3. The van der Waals surface area contributed by atoms with E-state index in [-0.39, 0.29) is 14.9 Å². The van der Waals surface area contributed by atoms with Crippen molar-refractivity contribution in [1.82, 2.24) is 18.9 Å². The molecule has 4 rings (SSSR count). The summed E-state index contributed by atoms with van der Waals surface area (Å²) in [6, 6.07) is 9.82. The Morgan fingerprint density at radius 3 is 2.56 bits per heavy atom. The third-order valence-electron chi connectivity index (χ3n) is 4.33. The molecule has 130 valence electrons. The van der Waals surface area contributed by atoms with Gasteiger partial charge in [0.05, 0.1) is 16.1 Å². The first-order valence-electron chi connectivity index (χ1n) is 7.75. The molecule has 1 saturated heterocycles. The molecule has 1 unspecified atom stereocenters. The number of fused-ring (bicyclic) bond motifs is 1. The van der Waals surface area contributed by atoms with Crippen LogP contribution in [0, 0.1) is 0 Å². The quantitative estimate of drug-likeness (QED) is 0.678. The fourth-order valence-corrected chi connectivity index (χ4v) is 5.97. The lowest BCUT2D eigenvalue weighted by Crippen LogP contribution is -2.32. The van der Waals surface area contributed by atoms with Gasteiger partial charge in [-0.25, -0.2) is 8.42 Å². The van der Waals surface area contributed by atoms with Crippen LogP contribution in [0.25, 0.3) is 5.65 Å². The van der Waals surface area contributed by atoms with Crippen molar-refractivity contribution in [3.05, 3.63) is 58.5 Å². The smallest absolute Gasteiger partial charge is 0.246 e. The van der Waals surface area contributed by atoms with Crippen molar-refractivity contribution in [2.75, 3.05) is 6.54 Å². The van der Waals surface area contributed by atoms with Crippen LogP contribution in [0.5, 0.6) is 0 Å². The minimum Gasteiger partial charge on any atom is -0.285 e. The first kappa shape index (κ1) is 16.8. The third kappa shape index (κ3) is 2.71. The lowest BCUT2D eigenvalue weighted by atomic mass is 10.2. The number of nitrogens with zero attached hydrogens (tertiary/aromatic N) is 4. The molecule has 3 aromatic rings. The van der Waals surface area contributed by atoms with E-state index in [1.54, 1.807) is 6.07 Å². The highest BCUT2D eigenvalue weighted by molar-refractivity contribution is 7.89. The average Bonchev–Trinajstić information content (AvgIpc) is 3.21. The normalized spacial score (nSPS) is 18.9. The van der Waals surface area contributed by atoms with Gasteiger partial charge >= 0.3 is 0 Å². The second kappa shape index (κ2) is 6.25. The van der Waals surface area contributed by atoms with Crippen molar-refractivity contribution >= 4 is 38.9 Å². The molecule has 0 spiro atoms. The Labute approximate surface area is 155 Å². The molecule has 1 aliphatic rings. The van der Waals surface area contributed by atoms with Gasteiger partial charge in [-0.1, -0.05) is 35.3 Å². The van der Waals surface area contributed by atoms with Crippen molar-refractivity contribution in [3.63, 3.8) is 0 Å². The van der Waals surface area contributed by atoms with Crippen LogP contribution < -0.4 is 0 Å². The zero-order valence-electron chi connectivity index (χ0n) is 13.0. The molecule has 0 aliphatic carbocycles. The van der Waals surface area contributed by atoms with Gasteiger partial charge in [-0.2, -0.15) is 4.31 Å². The Morgan fingerprint density at radius 2 is 1.80 bits per heavy atom. The molecule has 1 aromatic carbocycles. The van der Waals surface area contributed by atoms with Crippen molar-refractivity contribution in [2.24, 2.45) is 0 Å². The van der Waals surface area contributed by atoms with Crippen LogP contribution in [0.2, 0.25) is 10.0 Å². The van der Waals surface area contributed by atoms with E-state index in [0.717, 1.165) is 6.42 Å². The fraction of sp³-hybridized carbons (Fsp3) is 0.250. The van der Waals surface area contributed by atoms with Crippen molar-refractivity contribution in [1.29, 1.82) is 0 Å². The van der Waals surface area contributed by atoms with Gasteiger partial charge in [-0.15, -0.1) is 10.2 Å². The minimum absolute atomic E-state index is 0.0564. The van der Waals surface area contributed by atoms with Gasteiger partial charge in [0.1, 0.15) is 4.90 Å². The van der Waals surface area contributed by atoms with Crippen LogP contribution in [0.4, 0.5) is 0 Å². The van der Waals surface area contributed by atoms with Gasteiger partial charge in [0.15, 0.2) is 11.5 Å². The molecule has 9 heteroatoms. The highest BCUT2D eigenvalue weighted by Crippen LogP contribution is 2.39. The largest absolute Gasteiger partial charge is 0.285 e. The molecule has 0 bridgehead atoms. The first-order chi connectivity index (χ1) is 12.0. The summed E-state index contributed by atoms with van der Waals surface area (Å²) in [6.45, 7) is 0.385. The molecular formula is C16H14Cl2N4O2S. The summed E-state index contributed by atoms with van der Waals surface area (Å²) >= 11 is 12.3. The predicted octanol–water partition coefficient (Wildman–Crippen LogP) is 3.56. The highest BCUT2D eigenvalue weighted by atomic mass is 35.5. The summed E-state index contributed by atoms with van der Waals surface area (Å²) in [7, 11) is -3.86. The lowest BCUT2D eigenvalue weighted by molar-refractivity contribution is 0.381. The molecule has 2 aromatic heterocycles. The Kier molecular flexibility index (Phi) is 4.19. The number of pyridine rings is 1. The molecule has 3 heterocycles. The van der Waals surface area contributed by atoms with Crippen molar-refractivity contribution in [2.45, 2.75) is 23.8 Å². The average molecular weight is 397 g/mol. The molecular weight excluding hydrogens is 383 g/mol. The molecule has 1 fully saturated rings. The molecule has 1 atom stereocenters. The number of sulfonamides is 1. The fourth-order valence-electron chi connectivity index (χ4n) is 3.22. The standard InChI is InChI=1S/C16H14Cl2N4O2S/c17-11-5-3-6-12(18)15(11)25(23,24)22-10-4-7-13(22)16-20-19-14-8-1-2-9-21(14)16/h1-3,5-6,8-9,13H,4,7,10H2. The zero-order chi connectivity index (χ0) is 17.6. The Hall–Kier alpha value is -1.67. The van der Waals surface area contributed by atoms with Crippen LogP contribution in [0.3, 0.4) is 0 Å². The van der Waals surface area contributed by atoms with E-state index in [1.807, 2.05) is 28.8 Å². The maximum absolute atomic E-state index is 13.2. The molecule has 0 saturated carbocycles. The molecule has 25 heavy (non-hydrogen) atoms. The molecule has 1 aliphatic heterocycles. The monoisotopic (exact) mass is 396 g/mol. The number of rotatable bonds is 3. The van der Waals surface area contributed by atoms with E-state index in [0.29, 0.717) is 24.4 Å². The third-order valence-corrected chi connectivity index (χ3v) is 7.19. The summed E-state index contributed by atoms with van der Waals surface area (Å²) in [6.07, 6.45) is 3.22. The summed E-state index contributed by atoms with van der Waals surface area (Å²) in [5.74, 6) is 0.597. The molecule has 0 radical (unpaired) electrons. The Morgan fingerprint density at radius 1 is 1.04 bits per heavy atom. The van der Waals surface area contributed by atoms with Gasteiger partial charge in [-0.3, -0.25) is 4.40 Å². The van der Waals surface area contributed by atoms with Crippen LogP contribution in [0.1, 0.15) is 24.7 Å². The van der Waals surface area contributed by atoms with E-state index >= 15 is 0 Å². The van der Waals surface area contributed by atoms with Gasteiger partial charge in [0, 0.05) is 12.7 Å². The molecule has 0 amide bonds. The minimum atomic E-state index is -3.86. The maximum Gasteiger partial charge on any atom is 0.246 e. The van der Waals surface area contributed by atoms with Crippen LogP contribution in [-0.2, 0) is 10.0 Å². The van der Waals surface area contributed by atoms with E-state index in [2.05, 4.69) is 10.2 Å². The summed E-state index contributed by atoms with van der Waals surface area (Å²) in [4.78, 5) is -0.0564. The van der Waals surface area contributed by atoms with Gasteiger partial charge in [0.2, 0.25) is 10.0 Å². The number of benzene rings is 1. The van der Waals surface area contributed by atoms with Crippen molar-refractivity contribution < 1.29 is 8.42 Å². The summed E-state index contributed by atoms with van der Waals surface area (Å²) in [5.41, 5.74) is 0.678. The number of hydrogen-bond acceptors (Lipinski definition) is 4. The van der Waals surface area contributed by atoms with E-state index in [4.69, 9.17) is 23.2 Å². The van der Waals surface area contributed by atoms with E-state index in [9.17, 15) is 8.42 Å². The summed E-state index contributed by atoms with van der Waals surface area (Å²) in [5, 5.41) is 8.58. The van der Waals surface area contributed by atoms with Crippen LogP contribution in [0.15, 0.2) is 47.5 Å². The molecule has 0 N–H and O–H groups in total. The highest BCUT2D eigenvalue weighted by Gasteiger charge is 2.40. The predicted molar refractivity (Wildman–Crippen MR) is 95.3 cm³/mol. The van der Waals surface area contributed by atoms with E-state index in [1.165, 1.54) is 16.4 Å².